The van der Waals surface area contributed by atoms with Crippen LogP contribution in [0.25, 0.3) is 0 Å². The number of aryl methyl sites for hydroxylation is 1. The Hall–Kier alpha value is -1.14. The summed E-state index contributed by atoms with van der Waals surface area (Å²) in [6.07, 6.45) is -0.374. The summed E-state index contributed by atoms with van der Waals surface area (Å²) in [7, 11) is 0. The number of ether oxygens (including phenoxy) is 1. The molecule has 1 aromatic rings. The van der Waals surface area contributed by atoms with Crippen LogP contribution in [0.2, 0.25) is 0 Å². The highest BCUT2D eigenvalue weighted by atomic mass is 32.1. The minimum Gasteiger partial charge on any atom is -0.444 e. The van der Waals surface area contributed by atoms with Crippen LogP contribution >= 0.6 is 11.3 Å². The number of aromatic nitrogens is 1. The van der Waals surface area contributed by atoms with Gasteiger partial charge in [0, 0.05) is 23.5 Å². The van der Waals surface area contributed by atoms with E-state index in [9.17, 15) is 4.79 Å². The Balaban J connectivity index is 2.56. The molecule has 6 heteroatoms. The third-order valence-electron chi connectivity index (χ3n) is 3.31. The molecule has 5 nitrogen and oxygen atoms in total. The van der Waals surface area contributed by atoms with Gasteiger partial charge >= 0.3 is 6.09 Å². The lowest BCUT2D eigenvalue weighted by atomic mass is 10.0. The smallest absolute Gasteiger partial charge is 0.407 e. The fraction of sp³-hybridized carbons (Fsp3) is 0.750. The normalized spacial score (nSPS) is 14.7. The van der Waals surface area contributed by atoms with Crippen molar-refractivity contribution in [3.8, 4) is 0 Å². The number of alkyl carbamates (subject to hydrolysis) is 1. The van der Waals surface area contributed by atoms with Crippen molar-refractivity contribution in [1.29, 1.82) is 0 Å². The molecule has 1 aromatic heterocycles. The van der Waals surface area contributed by atoms with Crippen LogP contribution in [0.4, 0.5) is 4.79 Å². The Morgan fingerprint density at radius 1 is 1.36 bits per heavy atom. The van der Waals surface area contributed by atoms with E-state index in [1.54, 1.807) is 11.3 Å². The summed E-state index contributed by atoms with van der Waals surface area (Å²) in [5, 5.41) is 6.43. The molecule has 0 aliphatic rings. The van der Waals surface area contributed by atoms with Gasteiger partial charge in [0.2, 0.25) is 0 Å². The lowest BCUT2D eigenvalue weighted by Gasteiger charge is -2.27. The molecule has 0 aliphatic carbocycles. The van der Waals surface area contributed by atoms with Crippen molar-refractivity contribution in [2.24, 2.45) is 5.92 Å². The first kappa shape index (κ1) is 18.9. The highest BCUT2D eigenvalue weighted by Crippen LogP contribution is 2.22. The molecule has 0 aromatic carbocycles. The molecule has 2 N–H and O–H groups in total. The number of thiazole rings is 1. The number of carbonyl (C=O) groups is 1. The van der Waals surface area contributed by atoms with Crippen LogP contribution in [0, 0.1) is 12.8 Å². The highest BCUT2D eigenvalue weighted by Gasteiger charge is 2.21. The predicted molar refractivity (Wildman–Crippen MR) is 91.3 cm³/mol. The third-order valence-corrected chi connectivity index (χ3v) is 4.42. The molecular formula is C16H29N3O2S. The van der Waals surface area contributed by atoms with Crippen molar-refractivity contribution in [3.63, 3.8) is 0 Å². The van der Waals surface area contributed by atoms with E-state index in [2.05, 4.69) is 36.4 Å². The SMILES string of the molecule is Cc1ncsc1C(C)NC(CNC(=O)OC(C)(C)C)C(C)C. The van der Waals surface area contributed by atoms with E-state index in [-0.39, 0.29) is 18.2 Å². The standard InChI is InChI=1S/C16H29N3O2S/c1-10(2)13(8-17-15(20)21-16(5,6)7)19-12(4)14-11(3)18-9-22-14/h9-10,12-13,19H,8H2,1-7H3,(H,17,20). The van der Waals surface area contributed by atoms with Crippen LogP contribution in [-0.4, -0.2) is 29.3 Å². The highest BCUT2D eigenvalue weighted by molar-refractivity contribution is 7.09. The second-order valence-corrected chi connectivity index (χ2v) is 7.81. The van der Waals surface area contributed by atoms with Crippen LogP contribution in [-0.2, 0) is 4.74 Å². The molecule has 1 heterocycles. The molecule has 0 spiro atoms. The van der Waals surface area contributed by atoms with Gasteiger partial charge in [0.1, 0.15) is 5.60 Å². The molecule has 0 bridgehead atoms. The summed E-state index contributed by atoms with van der Waals surface area (Å²) in [5.74, 6) is 0.394. The monoisotopic (exact) mass is 327 g/mol. The summed E-state index contributed by atoms with van der Waals surface area (Å²) in [6, 6.07) is 0.379. The maximum Gasteiger partial charge on any atom is 0.407 e. The average molecular weight is 327 g/mol. The Morgan fingerprint density at radius 3 is 2.45 bits per heavy atom. The van der Waals surface area contributed by atoms with Gasteiger partial charge in [-0.2, -0.15) is 0 Å². The second-order valence-electron chi connectivity index (χ2n) is 6.92. The van der Waals surface area contributed by atoms with Crippen molar-refractivity contribution in [1.82, 2.24) is 15.6 Å². The van der Waals surface area contributed by atoms with Gasteiger partial charge in [0.15, 0.2) is 0 Å². The minimum atomic E-state index is -0.474. The Kier molecular flexibility index (Phi) is 6.81. The van der Waals surface area contributed by atoms with Crippen molar-refractivity contribution in [3.05, 3.63) is 16.1 Å². The second kappa shape index (κ2) is 7.92. The molecule has 0 aliphatic heterocycles. The van der Waals surface area contributed by atoms with Crippen LogP contribution < -0.4 is 10.6 Å². The van der Waals surface area contributed by atoms with Crippen LogP contribution in [0.1, 0.15) is 58.2 Å². The van der Waals surface area contributed by atoms with E-state index in [1.807, 2.05) is 33.2 Å². The van der Waals surface area contributed by atoms with E-state index in [0.717, 1.165) is 5.69 Å². The molecule has 1 rings (SSSR count). The van der Waals surface area contributed by atoms with Crippen LogP contribution in [0.3, 0.4) is 0 Å². The minimum absolute atomic E-state index is 0.170. The summed E-state index contributed by atoms with van der Waals surface area (Å²) >= 11 is 1.66. The fourth-order valence-electron chi connectivity index (χ4n) is 2.12. The summed E-state index contributed by atoms with van der Waals surface area (Å²) in [6.45, 7) is 14.5. The fourth-order valence-corrected chi connectivity index (χ4v) is 2.94. The molecule has 0 saturated carbocycles. The van der Waals surface area contributed by atoms with E-state index in [4.69, 9.17) is 4.74 Å². The van der Waals surface area contributed by atoms with Crippen molar-refractivity contribution in [2.75, 3.05) is 6.54 Å². The van der Waals surface area contributed by atoms with Crippen molar-refractivity contribution < 1.29 is 9.53 Å². The first-order valence-electron chi connectivity index (χ1n) is 7.73. The molecule has 0 saturated heterocycles. The van der Waals surface area contributed by atoms with Crippen LogP contribution in [0.5, 0.6) is 0 Å². The summed E-state index contributed by atoms with van der Waals surface area (Å²) < 4.78 is 5.28. The van der Waals surface area contributed by atoms with Gasteiger partial charge in [-0.3, -0.25) is 0 Å². The van der Waals surface area contributed by atoms with E-state index in [0.29, 0.717) is 12.5 Å². The number of nitrogens with one attached hydrogen (secondary N) is 2. The average Bonchev–Trinajstić information content (AvgIpc) is 2.78. The molecule has 0 fully saturated rings. The molecule has 1 amide bonds. The molecule has 22 heavy (non-hydrogen) atoms. The van der Waals surface area contributed by atoms with E-state index >= 15 is 0 Å². The summed E-state index contributed by atoms with van der Waals surface area (Å²) in [4.78, 5) is 17.3. The topological polar surface area (TPSA) is 63.2 Å². The van der Waals surface area contributed by atoms with Gasteiger partial charge in [-0.15, -0.1) is 11.3 Å². The number of hydrogen-bond donors (Lipinski definition) is 2. The molecule has 126 valence electrons. The van der Waals surface area contributed by atoms with Crippen LogP contribution in [0.15, 0.2) is 5.51 Å². The lowest BCUT2D eigenvalue weighted by Crippen LogP contribution is -2.46. The molecule has 2 atom stereocenters. The van der Waals surface area contributed by atoms with Gasteiger partial charge in [-0.05, 0) is 40.5 Å². The van der Waals surface area contributed by atoms with Gasteiger partial charge in [-0.1, -0.05) is 13.8 Å². The van der Waals surface area contributed by atoms with Crippen molar-refractivity contribution in [2.45, 2.75) is 66.2 Å². The van der Waals surface area contributed by atoms with Gasteiger partial charge in [-0.25, -0.2) is 9.78 Å². The largest absolute Gasteiger partial charge is 0.444 e. The lowest BCUT2D eigenvalue weighted by molar-refractivity contribution is 0.0518. The molecular weight excluding hydrogens is 298 g/mol. The van der Waals surface area contributed by atoms with Gasteiger partial charge in [0.25, 0.3) is 0 Å². The Labute approximate surface area is 137 Å². The first-order chi connectivity index (χ1) is 10.1. The number of nitrogens with zero attached hydrogens (tertiary/aromatic N) is 1. The number of rotatable bonds is 6. The Morgan fingerprint density at radius 2 is 2.00 bits per heavy atom. The third kappa shape index (κ3) is 6.32. The predicted octanol–water partition coefficient (Wildman–Crippen LogP) is 3.65. The maximum absolute atomic E-state index is 11.8. The zero-order valence-corrected chi connectivity index (χ0v) is 15.5. The van der Waals surface area contributed by atoms with E-state index < -0.39 is 5.60 Å². The zero-order chi connectivity index (χ0) is 16.9. The van der Waals surface area contributed by atoms with E-state index in [1.165, 1.54) is 4.88 Å². The molecule has 2 unspecified atom stereocenters. The molecule has 0 radical (unpaired) electrons. The summed E-state index contributed by atoms with van der Waals surface area (Å²) in [5.41, 5.74) is 2.46. The number of amides is 1. The van der Waals surface area contributed by atoms with Gasteiger partial charge in [0.05, 0.1) is 11.2 Å². The van der Waals surface area contributed by atoms with Crippen molar-refractivity contribution >= 4 is 17.4 Å². The first-order valence-corrected chi connectivity index (χ1v) is 8.61. The zero-order valence-electron chi connectivity index (χ0n) is 14.7. The number of hydrogen-bond acceptors (Lipinski definition) is 5. The number of carbonyl (C=O) groups excluding carboxylic acids is 1. The van der Waals surface area contributed by atoms with Gasteiger partial charge < -0.3 is 15.4 Å². The Bertz CT molecular complexity index is 480. The quantitative estimate of drug-likeness (QED) is 0.837. The maximum atomic E-state index is 11.8.